The van der Waals surface area contributed by atoms with Crippen molar-refractivity contribution in [3.05, 3.63) is 29.8 Å². The number of hydrogen-bond donors (Lipinski definition) is 1. The zero-order valence-corrected chi connectivity index (χ0v) is 11.0. The first kappa shape index (κ1) is 12.9. The van der Waals surface area contributed by atoms with Gasteiger partial charge in [0.2, 0.25) is 0 Å². The van der Waals surface area contributed by atoms with Gasteiger partial charge < -0.3 is 9.64 Å². The fraction of sp³-hybridized carbons (Fsp3) is 0.500. The van der Waals surface area contributed by atoms with E-state index in [0.717, 1.165) is 24.2 Å². The zero-order chi connectivity index (χ0) is 13.0. The fourth-order valence-electron chi connectivity index (χ4n) is 2.22. The Morgan fingerprint density at radius 2 is 2.28 bits per heavy atom. The van der Waals surface area contributed by atoms with E-state index in [4.69, 9.17) is 4.74 Å². The minimum atomic E-state index is -0.371. The highest BCUT2D eigenvalue weighted by molar-refractivity contribution is 5.85. The average molecular weight is 248 g/mol. The molecular formula is C14H20N2O2. The molecule has 1 aromatic rings. The number of carbonyl (C=O) groups is 1. The fourth-order valence-corrected chi connectivity index (χ4v) is 2.22. The molecule has 0 bridgehead atoms. The first-order valence-corrected chi connectivity index (χ1v) is 6.36. The van der Waals surface area contributed by atoms with Crippen LogP contribution < -0.4 is 5.32 Å². The molecule has 98 valence electrons. The van der Waals surface area contributed by atoms with Crippen molar-refractivity contribution in [1.82, 2.24) is 4.90 Å². The van der Waals surface area contributed by atoms with Crippen LogP contribution in [0.15, 0.2) is 24.3 Å². The van der Waals surface area contributed by atoms with Gasteiger partial charge in [-0.05, 0) is 45.0 Å². The molecule has 1 unspecified atom stereocenters. The van der Waals surface area contributed by atoms with Crippen LogP contribution in [0, 0.1) is 6.92 Å². The maximum absolute atomic E-state index is 11.7. The van der Waals surface area contributed by atoms with Gasteiger partial charge in [0.15, 0.2) is 0 Å². The molecule has 1 N–H and O–H groups in total. The van der Waals surface area contributed by atoms with Gasteiger partial charge in [-0.25, -0.2) is 4.79 Å². The van der Waals surface area contributed by atoms with E-state index in [1.54, 1.807) is 0 Å². The Morgan fingerprint density at radius 3 is 2.94 bits per heavy atom. The summed E-state index contributed by atoms with van der Waals surface area (Å²) in [6.07, 6.45) is 1.92. The minimum Gasteiger partial charge on any atom is -0.448 e. The predicted molar refractivity (Wildman–Crippen MR) is 71.8 cm³/mol. The molecule has 1 fully saturated rings. The lowest BCUT2D eigenvalue weighted by molar-refractivity contribution is 0.127. The maximum Gasteiger partial charge on any atom is 0.411 e. The van der Waals surface area contributed by atoms with Gasteiger partial charge in [-0.15, -0.1) is 0 Å². The van der Waals surface area contributed by atoms with E-state index < -0.39 is 0 Å². The van der Waals surface area contributed by atoms with Crippen LogP contribution in [0.3, 0.4) is 0 Å². The Morgan fingerprint density at radius 1 is 1.50 bits per heavy atom. The molecular weight excluding hydrogens is 228 g/mol. The van der Waals surface area contributed by atoms with Crippen molar-refractivity contribution in [3.63, 3.8) is 0 Å². The van der Waals surface area contributed by atoms with Crippen LogP contribution in [0.2, 0.25) is 0 Å². The van der Waals surface area contributed by atoms with Crippen molar-refractivity contribution in [3.8, 4) is 0 Å². The lowest BCUT2D eigenvalue weighted by Gasteiger charge is -2.19. The summed E-state index contributed by atoms with van der Waals surface area (Å²) < 4.78 is 5.26. The number of ether oxygens (including phenoxy) is 1. The molecule has 1 heterocycles. The summed E-state index contributed by atoms with van der Waals surface area (Å²) in [5, 5.41) is 2.77. The molecule has 18 heavy (non-hydrogen) atoms. The van der Waals surface area contributed by atoms with Crippen molar-refractivity contribution < 1.29 is 9.53 Å². The summed E-state index contributed by atoms with van der Waals surface area (Å²) in [5.41, 5.74) is 1.84. The van der Waals surface area contributed by atoms with Gasteiger partial charge >= 0.3 is 6.09 Å². The van der Waals surface area contributed by atoms with E-state index in [9.17, 15) is 4.79 Å². The van der Waals surface area contributed by atoms with Crippen LogP contribution in [-0.2, 0) is 4.74 Å². The van der Waals surface area contributed by atoms with E-state index >= 15 is 0 Å². The summed E-state index contributed by atoms with van der Waals surface area (Å²) in [6.45, 7) is 3.52. The van der Waals surface area contributed by atoms with Crippen molar-refractivity contribution in [2.45, 2.75) is 25.8 Å². The monoisotopic (exact) mass is 248 g/mol. The van der Waals surface area contributed by atoms with Crippen molar-refractivity contribution in [2.75, 3.05) is 25.5 Å². The smallest absolute Gasteiger partial charge is 0.411 e. The van der Waals surface area contributed by atoms with E-state index in [-0.39, 0.29) is 6.09 Å². The van der Waals surface area contributed by atoms with Gasteiger partial charge in [-0.2, -0.15) is 0 Å². The maximum atomic E-state index is 11.7. The summed E-state index contributed by atoms with van der Waals surface area (Å²) in [5.74, 6) is 0. The van der Waals surface area contributed by atoms with Gasteiger partial charge in [0.1, 0.15) is 6.61 Å². The lowest BCUT2D eigenvalue weighted by atomic mass is 10.2. The molecule has 0 aliphatic carbocycles. The second-order valence-electron chi connectivity index (χ2n) is 4.82. The van der Waals surface area contributed by atoms with Gasteiger partial charge in [0.25, 0.3) is 0 Å². The van der Waals surface area contributed by atoms with E-state index in [0.29, 0.717) is 12.6 Å². The van der Waals surface area contributed by atoms with Crippen molar-refractivity contribution in [1.29, 1.82) is 0 Å². The molecule has 1 aliphatic rings. The topological polar surface area (TPSA) is 41.6 Å². The zero-order valence-electron chi connectivity index (χ0n) is 11.0. The number of hydrogen-bond acceptors (Lipinski definition) is 3. The van der Waals surface area contributed by atoms with Crippen molar-refractivity contribution in [2.24, 2.45) is 0 Å². The minimum absolute atomic E-state index is 0.368. The molecule has 0 spiro atoms. The number of anilines is 1. The third kappa shape index (κ3) is 3.23. The van der Waals surface area contributed by atoms with Gasteiger partial charge in [0.05, 0.1) is 0 Å². The molecule has 0 saturated carbocycles. The normalized spacial score (nSPS) is 19.8. The van der Waals surface area contributed by atoms with Crippen LogP contribution in [-0.4, -0.2) is 37.2 Å². The van der Waals surface area contributed by atoms with Gasteiger partial charge in [-0.1, -0.05) is 18.2 Å². The number of para-hydroxylation sites is 1. The number of likely N-dealkylation sites (tertiary alicyclic amines) is 1. The van der Waals surface area contributed by atoms with Gasteiger partial charge in [-0.3, -0.25) is 5.32 Å². The highest BCUT2D eigenvalue weighted by Crippen LogP contribution is 2.16. The average Bonchev–Trinajstić information content (AvgIpc) is 2.75. The Labute approximate surface area is 108 Å². The molecule has 4 nitrogen and oxygen atoms in total. The number of aryl methyl sites for hydroxylation is 1. The number of rotatable bonds is 3. The predicted octanol–water partition coefficient (Wildman–Crippen LogP) is 2.64. The Hall–Kier alpha value is -1.55. The van der Waals surface area contributed by atoms with Crippen LogP contribution >= 0.6 is 0 Å². The second-order valence-corrected chi connectivity index (χ2v) is 4.82. The van der Waals surface area contributed by atoms with Crippen LogP contribution in [0.4, 0.5) is 10.5 Å². The molecule has 4 heteroatoms. The first-order chi connectivity index (χ1) is 8.66. The molecule has 1 amide bonds. The highest BCUT2D eigenvalue weighted by atomic mass is 16.5. The molecule has 1 aromatic carbocycles. The van der Waals surface area contributed by atoms with Crippen LogP contribution in [0.1, 0.15) is 18.4 Å². The number of nitrogens with one attached hydrogen (secondary N) is 1. The molecule has 0 aromatic heterocycles. The van der Waals surface area contributed by atoms with E-state index in [2.05, 4.69) is 17.3 Å². The summed E-state index contributed by atoms with van der Waals surface area (Å²) in [7, 11) is 2.07. The molecule has 1 aliphatic heterocycles. The van der Waals surface area contributed by atoms with E-state index in [1.807, 2.05) is 31.2 Å². The number of nitrogens with zero attached hydrogens (tertiary/aromatic N) is 1. The van der Waals surface area contributed by atoms with Crippen molar-refractivity contribution >= 4 is 11.8 Å². The lowest BCUT2D eigenvalue weighted by Crippen LogP contribution is -2.31. The Kier molecular flexibility index (Phi) is 4.20. The Bertz CT molecular complexity index is 420. The largest absolute Gasteiger partial charge is 0.448 e. The summed E-state index contributed by atoms with van der Waals surface area (Å²) in [6, 6.07) is 8.04. The second kappa shape index (κ2) is 5.87. The SMILES string of the molecule is Cc1ccccc1NC(=O)OCC1CCCN1C. The molecule has 0 radical (unpaired) electrons. The van der Waals surface area contributed by atoms with Crippen LogP contribution in [0.5, 0.6) is 0 Å². The highest BCUT2D eigenvalue weighted by Gasteiger charge is 2.22. The molecule has 1 saturated heterocycles. The standard InChI is InChI=1S/C14H20N2O2/c1-11-6-3-4-8-13(11)15-14(17)18-10-12-7-5-9-16(12)2/h3-4,6,8,12H,5,7,9-10H2,1-2H3,(H,15,17). The molecule has 1 atom stereocenters. The number of amides is 1. The summed E-state index contributed by atoms with van der Waals surface area (Å²) >= 11 is 0. The third-order valence-electron chi connectivity index (χ3n) is 3.46. The Balaban J connectivity index is 1.80. The first-order valence-electron chi connectivity index (χ1n) is 6.36. The van der Waals surface area contributed by atoms with Crippen LogP contribution in [0.25, 0.3) is 0 Å². The van der Waals surface area contributed by atoms with Gasteiger partial charge in [0, 0.05) is 11.7 Å². The third-order valence-corrected chi connectivity index (χ3v) is 3.46. The number of carbonyl (C=O) groups excluding carboxylic acids is 1. The molecule has 2 rings (SSSR count). The van der Waals surface area contributed by atoms with E-state index in [1.165, 1.54) is 6.42 Å². The number of benzene rings is 1. The quantitative estimate of drug-likeness (QED) is 0.894. The number of likely N-dealkylation sites (N-methyl/N-ethyl adjacent to an activating group) is 1. The summed E-state index contributed by atoms with van der Waals surface area (Å²) in [4.78, 5) is 13.9.